The third-order valence-corrected chi connectivity index (χ3v) is 2.65. The number of benzene rings is 1. The molecule has 0 aliphatic heterocycles. The van der Waals surface area contributed by atoms with Crippen LogP contribution >= 0.6 is 0 Å². The van der Waals surface area contributed by atoms with Crippen LogP contribution in [0.1, 0.15) is 12.0 Å². The Morgan fingerprint density at radius 3 is 2.73 bits per heavy atom. The van der Waals surface area contributed by atoms with Gasteiger partial charge in [0.25, 0.3) is 0 Å². The lowest BCUT2D eigenvalue weighted by Crippen LogP contribution is -2.23. The van der Waals surface area contributed by atoms with Crippen molar-refractivity contribution >= 4 is 10.0 Å². The summed E-state index contributed by atoms with van der Waals surface area (Å²) in [4.78, 5) is 0. The first-order valence-corrected chi connectivity index (χ1v) is 6.59. The maximum absolute atomic E-state index is 10.7. The first kappa shape index (κ1) is 12.0. The van der Waals surface area contributed by atoms with E-state index in [9.17, 15) is 13.5 Å². The molecule has 0 radical (unpaired) electrons. The number of rotatable bonds is 5. The molecule has 0 amide bonds. The van der Waals surface area contributed by atoms with Crippen LogP contribution in [-0.4, -0.2) is 26.3 Å². The lowest BCUT2D eigenvalue weighted by atomic mass is 10.1. The van der Waals surface area contributed by atoms with E-state index >= 15 is 0 Å². The summed E-state index contributed by atoms with van der Waals surface area (Å²) in [6, 6.07) is 6.97. The molecule has 0 aliphatic rings. The topological polar surface area (TPSA) is 66.4 Å². The quantitative estimate of drug-likeness (QED) is 0.736. The minimum Gasteiger partial charge on any atom is -0.508 e. The highest BCUT2D eigenvalue weighted by molar-refractivity contribution is 7.88. The molecular formula is C10H15NO3S. The van der Waals surface area contributed by atoms with E-state index in [4.69, 9.17) is 0 Å². The third kappa shape index (κ3) is 5.39. The summed E-state index contributed by atoms with van der Waals surface area (Å²) < 4.78 is 23.9. The van der Waals surface area contributed by atoms with Gasteiger partial charge in [-0.05, 0) is 30.5 Å². The molecule has 0 atom stereocenters. The van der Waals surface area contributed by atoms with Crippen molar-refractivity contribution in [3.63, 3.8) is 0 Å². The van der Waals surface area contributed by atoms with Crippen molar-refractivity contribution in [1.82, 2.24) is 4.72 Å². The van der Waals surface area contributed by atoms with Gasteiger partial charge in [0, 0.05) is 6.54 Å². The molecule has 0 heterocycles. The maximum atomic E-state index is 10.7. The zero-order chi connectivity index (χ0) is 11.3. The summed E-state index contributed by atoms with van der Waals surface area (Å²) >= 11 is 0. The molecule has 0 aromatic heterocycles. The molecule has 0 spiro atoms. The molecule has 2 N–H and O–H groups in total. The van der Waals surface area contributed by atoms with E-state index < -0.39 is 10.0 Å². The van der Waals surface area contributed by atoms with Gasteiger partial charge in [-0.25, -0.2) is 13.1 Å². The van der Waals surface area contributed by atoms with Crippen LogP contribution in [0.5, 0.6) is 5.75 Å². The Labute approximate surface area is 90.0 Å². The number of phenolic OH excluding ortho intramolecular Hbond substituents is 1. The lowest BCUT2D eigenvalue weighted by molar-refractivity contribution is 0.474. The molecule has 0 bridgehead atoms. The smallest absolute Gasteiger partial charge is 0.208 e. The lowest BCUT2D eigenvalue weighted by Gasteiger charge is -2.03. The molecule has 1 aromatic carbocycles. The van der Waals surface area contributed by atoms with Gasteiger partial charge in [-0.1, -0.05) is 12.1 Å². The molecule has 5 heteroatoms. The number of sulfonamides is 1. The van der Waals surface area contributed by atoms with Crippen molar-refractivity contribution in [2.75, 3.05) is 12.8 Å². The van der Waals surface area contributed by atoms with Crippen LogP contribution in [-0.2, 0) is 16.4 Å². The van der Waals surface area contributed by atoms with Crippen LogP contribution in [0, 0.1) is 0 Å². The van der Waals surface area contributed by atoms with Crippen molar-refractivity contribution in [2.24, 2.45) is 0 Å². The zero-order valence-corrected chi connectivity index (χ0v) is 9.42. The van der Waals surface area contributed by atoms with Gasteiger partial charge in [0.2, 0.25) is 10.0 Å². The molecule has 1 rings (SSSR count). The molecule has 84 valence electrons. The van der Waals surface area contributed by atoms with Gasteiger partial charge >= 0.3 is 0 Å². The number of aryl methyl sites for hydroxylation is 1. The normalized spacial score (nSPS) is 11.5. The van der Waals surface area contributed by atoms with Gasteiger partial charge in [-0.2, -0.15) is 0 Å². The molecule has 15 heavy (non-hydrogen) atoms. The van der Waals surface area contributed by atoms with Gasteiger partial charge in [-0.3, -0.25) is 0 Å². The highest BCUT2D eigenvalue weighted by Gasteiger charge is 1.99. The van der Waals surface area contributed by atoms with Gasteiger partial charge in [0.05, 0.1) is 6.26 Å². The maximum Gasteiger partial charge on any atom is 0.208 e. The van der Waals surface area contributed by atoms with Crippen molar-refractivity contribution in [2.45, 2.75) is 12.8 Å². The molecule has 1 aromatic rings. The Balaban J connectivity index is 2.32. The molecular weight excluding hydrogens is 214 g/mol. The summed E-state index contributed by atoms with van der Waals surface area (Å²) in [7, 11) is -3.09. The second-order valence-corrected chi connectivity index (χ2v) is 5.27. The second kappa shape index (κ2) is 5.14. The van der Waals surface area contributed by atoms with Gasteiger partial charge in [0.1, 0.15) is 5.75 Å². The predicted octanol–water partition coefficient (Wildman–Crippen LogP) is 0.874. The van der Waals surface area contributed by atoms with Crippen LogP contribution < -0.4 is 4.72 Å². The van der Waals surface area contributed by atoms with E-state index in [2.05, 4.69) is 4.72 Å². The fourth-order valence-corrected chi connectivity index (χ4v) is 1.78. The average molecular weight is 229 g/mol. The minimum atomic E-state index is -3.09. The number of phenols is 1. The average Bonchev–Trinajstić information content (AvgIpc) is 2.11. The van der Waals surface area contributed by atoms with Crippen LogP contribution in [0.15, 0.2) is 24.3 Å². The Bertz CT molecular complexity index is 414. The predicted molar refractivity (Wildman–Crippen MR) is 59.3 cm³/mol. The molecule has 4 nitrogen and oxygen atoms in total. The minimum absolute atomic E-state index is 0.239. The summed E-state index contributed by atoms with van der Waals surface area (Å²) in [5, 5.41) is 9.19. The molecule has 0 saturated carbocycles. The third-order valence-electron chi connectivity index (χ3n) is 1.92. The zero-order valence-electron chi connectivity index (χ0n) is 8.60. The number of hydrogen-bond acceptors (Lipinski definition) is 3. The van der Waals surface area contributed by atoms with Crippen LogP contribution in [0.3, 0.4) is 0 Å². The van der Waals surface area contributed by atoms with Crippen molar-refractivity contribution < 1.29 is 13.5 Å². The highest BCUT2D eigenvalue weighted by atomic mass is 32.2. The first-order chi connectivity index (χ1) is 6.97. The van der Waals surface area contributed by atoms with E-state index in [-0.39, 0.29) is 5.75 Å². The van der Waals surface area contributed by atoms with E-state index in [1.54, 1.807) is 18.2 Å². The standard InChI is InChI=1S/C10H15NO3S/c1-15(13,14)11-7-3-5-9-4-2-6-10(12)8-9/h2,4,6,8,11-12H,3,5,7H2,1H3. The van der Waals surface area contributed by atoms with Gasteiger partial charge < -0.3 is 5.11 Å². The Hall–Kier alpha value is -1.07. The van der Waals surface area contributed by atoms with Gasteiger partial charge in [0.15, 0.2) is 0 Å². The van der Waals surface area contributed by atoms with E-state index in [0.717, 1.165) is 24.7 Å². The summed E-state index contributed by atoms with van der Waals surface area (Å²) in [5.74, 6) is 0.239. The van der Waals surface area contributed by atoms with E-state index in [0.29, 0.717) is 6.54 Å². The molecule has 0 saturated heterocycles. The number of aromatic hydroxyl groups is 1. The summed E-state index contributed by atoms with van der Waals surface area (Å²) in [6.07, 6.45) is 2.61. The Morgan fingerprint density at radius 1 is 1.40 bits per heavy atom. The van der Waals surface area contributed by atoms with Crippen LogP contribution in [0.25, 0.3) is 0 Å². The van der Waals surface area contributed by atoms with Crippen molar-refractivity contribution in [3.8, 4) is 5.75 Å². The van der Waals surface area contributed by atoms with Crippen LogP contribution in [0.4, 0.5) is 0 Å². The fraction of sp³-hybridized carbons (Fsp3) is 0.400. The molecule has 0 aliphatic carbocycles. The van der Waals surface area contributed by atoms with Crippen molar-refractivity contribution in [3.05, 3.63) is 29.8 Å². The first-order valence-electron chi connectivity index (χ1n) is 4.70. The van der Waals surface area contributed by atoms with E-state index in [1.165, 1.54) is 0 Å². The van der Waals surface area contributed by atoms with Crippen molar-refractivity contribution in [1.29, 1.82) is 0 Å². The fourth-order valence-electron chi connectivity index (χ4n) is 1.26. The Kier molecular flexibility index (Phi) is 4.11. The summed E-state index contributed by atoms with van der Waals surface area (Å²) in [6.45, 7) is 0.425. The number of nitrogens with one attached hydrogen (secondary N) is 1. The van der Waals surface area contributed by atoms with E-state index in [1.807, 2.05) is 6.07 Å². The largest absolute Gasteiger partial charge is 0.508 e. The highest BCUT2D eigenvalue weighted by Crippen LogP contribution is 2.11. The monoisotopic (exact) mass is 229 g/mol. The molecule has 0 unspecified atom stereocenters. The molecule has 0 fully saturated rings. The SMILES string of the molecule is CS(=O)(=O)NCCCc1cccc(O)c1. The summed E-state index contributed by atoms with van der Waals surface area (Å²) in [5.41, 5.74) is 1.00. The number of hydrogen-bond donors (Lipinski definition) is 2. The van der Waals surface area contributed by atoms with Crippen LogP contribution in [0.2, 0.25) is 0 Å². The van der Waals surface area contributed by atoms with Gasteiger partial charge in [-0.15, -0.1) is 0 Å². The Morgan fingerprint density at radius 2 is 2.13 bits per heavy atom. The second-order valence-electron chi connectivity index (χ2n) is 3.44.